The smallest absolute Gasteiger partial charge is 0.142 e. The molecule has 0 bridgehead atoms. The van der Waals surface area contributed by atoms with E-state index in [0.717, 1.165) is 25.9 Å². The number of carbonyl (C=O) groups is 1. The Labute approximate surface area is 111 Å². The molecule has 2 rings (SSSR count). The molecule has 1 aliphatic rings. The zero-order valence-corrected chi connectivity index (χ0v) is 10.9. The van der Waals surface area contributed by atoms with Crippen LogP contribution in [0.25, 0.3) is 0 Å². The third-order valence-corrected chi connectivity index (χ3v) is 3.61. The lowest BCUT2D eigenvalue weighted by molar-refractivity contribution is -0.119. The second kappa shape index (κ2) is 6.30. The summed E-state index contributed by atoms with van der Waals surface area (Å²) in [6, 6.07) is 4.56. The molecule has 1 aliphatic heterocycles. The van der Waals surface area contributed by atoms with Crippen molar-refractivity contribution in [2.75, 3.05) is 6.61 Å². The van der Waals surface area contributed by atoms with Gasteiger partial charge >= 0.3 is 0 Å². The molecule has 1 fully saturated rings. The predicted octanol–water partition coefficient (Wildman–Crippen LogP) is 3.55. The lowest BCUT2D eigenvalue weighted by Crippen LogP contribution is -2.10. The zero-order chi connectivity index (χ0) is 13.0. The fourth-order valence-corrected chi connectivity index (χ4v) is 2.37. The molecule has 98 valence electrons. The summed E-state index contributed by atoms with van der Waals surface area (Å²) in [6.07, 6.45) is 3.76. The van der Waals surface area contributed by atoms with Gasteiger partial charge < -0.3 is 4.74 Å². The molecule has 4 heteroatoms. The van der Waals surface area contributed by atoms with E-state index < -0.39 is 5.82 Å². The first-order valence-corrected chi connectivity index (χ1v) is 6.61. The first-order chi connectivity index (χ1) is 8.66. The van der Waals surface area contributed by atoms with E-state index in [2.05, 4.69) is 0 Å². The van der Waals surface area contributed by atoms with Crippen LogP contribution in [-0.2, 0) is 16.0 Å². The Morgan fingerprint density at radius 2 is 2.33 bits per heavy atom. The van der Waals surface area contributed by atoms with Crippen molar-refractivity contribution in [2.45, 2.75) is 38.2 Å². The summed E-state index contributed by atoms with van der Waals surface area (Å²) in [4.78, 5) is 11.8. The molecule has 0 saturated carbocycles. The van der Waals surface area contributed by atoms with E-state index in [9.17, 15) is 9.18 Å². The third-order valence-electron chi connectivity index (χ3n) is 3.19. The standard InChI is InChI=1S/C14H16ClFO2/c15-14-10(3-1-5-13(14)16)9-11(17)6-7-12-4-2-8-18-12/h1,3,5,12H,2,4,6-9H2. The van der Waals surface area contributed by atoms with Gasteiger partial charge in [0, 0.05) is 19.4 Å². The van der Waals surface area contributed by atoms with Gasteiger partial charge in [0.2, 0.25) is 0 Å². The number of halogens is 2. The number of hydrogen-bond acceptors (Lipinski definition) is 2. The van der Waals surface area contributed by atoms with Gasteiger partial charge in [-0.15, -0.1) is 0 Å². The Hall–Kier alpha value is -0.930. The highest BCUT2D eigenvalue weighted by Gasteiger charge is 2.17. The normalized spacial score (nSPS) is 19.1. The van der Waals surface area contributed by atoms with Crippen LogP contribution in [-0.4, -0.2) is 18.5 Å². The molecular formula is C14H16ClFO2. The summed E-state index contributed by atoms with van der Waals surface area (Å²) >= 11 is 5.81. The van der Waals surface area contributed by atoms with Gasteiger partial charge in [-0.1, -0.05) is 23.7 Å². The van der Waals surface area contributed by atoms with Crippen LogP contribution in [0.3, 0.4) is 0 Å². The minimum Gasteiger partial charge on any atom is -0.378 e. The van der Waals surface area contributed by atoms with Crippen LogP contribution in [0.1, 0.15) is 31.2 Å². The lowest BCUT2D eigenvalue weighted by Gasteiger charge is -2.08. The maximum atomic E-state index is 13.2. The second-order valence-electron chi connectivity index (χ2n) is 4.60. The van der Waals surface area contributed by atoms with Crippen LogP contribution in [0, 0.1) is 5.82 Å². The van der Waals surface area contributed by atoms with E-state index in [1.807, 2.05) is 0 Å². The first kappa shape index (κ1) is 13.5. The van der Waals surface area contributed by atoms with E-state index in [1.165, 1.54) is 6.07 Å². The molecule has 1 heterocycles. The van der Waals surface area contributed by atoms with Gasteiger partial charge in [-0.05, 0) is 30.9 Å². The van der Waals surface area contributed by atoms with Gasteiger partial charge in [-0.2, -0.15) is 0 Å². The molecule has 1 unspecified atom stereocenters. The van der Waals surface area contributed by atoms with E-state index in [4.69, 9.17) is 16.3 Å². The maximum Gasteiger partial charge on any atom is 0.142 e. The van der Waals surface area contributed by atoms with Gasteiger partial charge in [-0.25, -0.2) is 4.39 Å². The first-order valence-electron chi connectivity index (χ1n) is 6.23. The third kappa shape index (κ3) is 3.53. The molecule has 2 nitrogen and oxygen atoms in total. The molecule has 0 aliphatic carbocycles. The van der Waals surface area contributed by atoms with Gasteiger partial charge in [0.15, 0.2) is 0 Å². The van der Waals surface area contributed by atoms with E-state index in [-0.39, 0.29) is 23.3 Å². The second-order valence-corrected chi connectivity index (χ2v) is 4.98. The number of Topliss-reactive ketones (excluding diaryl/α,β-unsaturated/α-hetero) is 1. The minimum atomic E-state index is -0.471. The van der Waals surface area contributed by atoms with Crippen molar-refractivity contribution in [1.82, 2.24) is 0 Å². The topological polar surface area (TPSA) is 26.3 Å². The highest BCUT2D eigenvalue weighted by Crippen LogP contribution is 2.22. The quantitative estimate of drug-likeness (QED) is 0.818. The fourth-order valence-electron chi connectivity index (χ4n) is 2.18. The molecule has 0 amide bonds. The van der Waals surface area contributed by atoms with Crippen LogP contribution in [0.15, 0.2) is 18.2 Å². The number of rotatable bonds is 5. The Morgan fingerprint density at radius 1 is 1.50 bits per heavy atom. The number of carbonyl (C=O) groups excluding carboxylic acids is 1. The fraction of sp³-hybridized carbons (Fsp3) is 0.500. The number of ether oxygens (including phenoxy) is 1. The van der Waals surface area contributed by atoms with Crippen molar-refractivity contribution < 1.29 is 13.9 Å². The van der Waals surface area contributed by atoms with Crippen LogP contribution in [0.4, 0.5) is 4.39 Å². The van der Waals surface area contributed by atoms with Crippen molar-refractivity contribution in [3.05, 3.63) is 34.6 Å². The highest BCUT2D eigenvalue weighted by molar-refractivity contribution is 6.31. The molecule has 1 atom stereocenters. The van der Waals surface area contributed by atoms with Crippen LogP contribution in [0.2, 0.25) is 5.02 Å². The predicted molar refractivity (Wildman–Crippen MR) is 68.3 cm³/mol. The molecule has 18 heavy (non-hydrogen) atoms. The van der Waals surface area contributed by atoms with E-state index in [1.54, 1.807) is 12.1 Å². The molecule has 1 aromatic carbocycles. The summed E-state index contributed by atoms with van der Waals surface area (Å²) in [5, 5.41) is 0.0583. The minimum absolute atomic E-state index is 0.0583. The summed E-state index contributed by atoms with van der Waals surface area (Å²) in [6.45, 7) is 0.800. The maximum absolute atomic E-state index is 13.2. The summed E-state index contributed by atoms with van der Waals surface area (Å²) in [7, 11) is 0. The lowest BCUT2D eigenvalue weighted by atomic mass is 10.0. The van der Waals surface area contributed by atoms with Crippen molar-refractivity contribution in [3.63, 3.8) is 0 Å². The summed E-state index contributed by atoms with van der Waals surface area (Å²) in [5.74, 6) is -0.390. The van der Waals surface area contributed by atoms with Crippen LogP contribution >= 0.6 is 11.6 Å². The van der Waals surface area contributed by atoms with Crippen molar-refractivity contribution in [2.24, 2.45) is 0 Å². The summed E-state index contributed by atoms with van der Waals surface area (Å²) < 4.78 is 18.7. The molecule has 0 aromatic heterocycles. The van der Waals surface area contributed by atoms with Crippen molar-refractivity contribution in [3.8, 4) is 0 Å². The SMILES string of the molecule is O=C(CCC1CCCO1)Cc1cccc(F)c1Cl. The number of ketones is 1. The van der Waals surface area contributed by atoms with Gasteiger partial charge in [-0.3, -0.25) is 4.79 Å². The Balaban J connectivity index is 1.84. The van der Waals surface area contributed by atoms with Gasteiger partial charge in [0.05, 0.1) is 11.1 Å². The van der Waals surface area contributed by atoms with Gasteiger partial charge in [0.1, 0.15) is 11.6 Å². The average Bonchev–Trinajstić information content (AvgIpc) is 2.86. The molecular weight excluding hydrogens is 255 g/mol. The van der Waals surface area contributed by atoms with Crippen LogP contribution in [0.5, 0.6) is 0 Å². The van der Waals surface area contributed by atoms with E-state index >= 15 is 0 Å². The average molecular weight is 271 g/mol. The number of benzene rings is 1. The Morgan fingerprint density at radius 3 is 3.06 bits per heavy atom. The van der Waals surface area contributed by atoms with E-state index in [0.29, 0.717) is 12.0 Å². The van der Waals surface area contributed by atoms with Crippen molar-refractivity contribution >= 4 is 17.4 Å². The molecule has 1 aromatic rings. The highest BCUT2D eigenvalue weighted by atomic mass is 35.5. The monoisotopic (exact) mass is 270 g/mol. The van der Waals surface area contributed by atoms with Crippen molar-refractivity contribution in [1.29, 1.82) is 0 Å². The molecule has 1 saturated heterocycles. The molecule has 0 radical (unpaired) electrons. The van der Waals surface area contributed by atoms with Gasteiger partial charge in [0.25, 0.3) is 0 Å². The molecule has 0 N–H and O–H groups in total. The number of hydrogen-bond donors (Lipinski definition) is 0. The zero-order valence-electron chi connectivity index (χ0n) is 10.1. The summed E-state index contributed by atoms with van der Waals surface area (Å²) in [5.41, 5.74) is 0.564. The Bertz CT molecular complexity index is 428. The Kier molecular flexibility index (Phi) is 4.72. The van der Waals surface area contributed by atoms with Crippen LogP contribution < -0.4 is 0 Å². The largest absolute Gasteiger partial charge is 0.378 e. The molecule has 0 spiro atoms.